The molecule has 154 valence electrons. The third-order valence-electron chi connectivity index (χ3n) is 4.74. The van der Waals surface area contributed by atoms with Gasteiger partial charge in [0, 0.05) is 18.4 Å². The van der Waals surface area contributed by atoms with Crippen LogP contribution in [0.25, 0.3) is 0 Å². The molecule has 2 nitrogen and oxygen atoms in total. The van der Waals surface area contributed by atoms with Crippen LogP contribution in [0.4, 0.5) is 0 Å². The van der Waals surface area contributed by atoms with E-state index >= 15 is 0 Å². The SMILES string of the molecule is C=C/C=C/C1=CN(/C=C(\C)CCC(C)(C)O)C(C)C=C1/C(=C/C=C\C)CCC. The van der Waals surface area contributed by atoms with E-state index < -0.39 is 5.60 Å². The van der Waals surface area contributed by atoms with E-state index in [1.54, 1.807) is 0 Å². The lowest BCUT2D eigenvalue weighted by atomic mass is 9.90. The maximum Gasteiger partial charge on any atom is 0.0594 e. The number of hydrogen-bond donors (Lipinski definition) is 1. The zero-order valence-corrected chi connectivity index (χ0v) is 18.7. The minimum Gasteiger partial charge on any atom is -0.390 e. The van der Waals surface area contributed by atoms with E-state index in [1.807, 2.05) is 26.0 Å². The molecule has 0 fully saturated rings. The van der Waals surface area contributed by atoms with E-state index in [9.17, 15) is 5.11 Å². The molecule has 1 N–H and O–H groups in total. The van der Waals surface area contributed by atoms with E-state index in [-0.39, 0.29) is 6.04 Å². The Bertz CT molecular complexity index is 692. The van der Waals surface area contributed by atoms with Crippen LogP contribution in [0.3, 0.4) is 0 Å². The number of rotatable bonds is 10. The Morgan fingerprint density at radius 2 is 2.00 bits per heavy atom. The highest BCUT2D eigenvalue weighted by atomic mass is 16.3. The quantitative estimate of drug-likeness (QED) is 0.412. The van der Waals surface area contributed by atoms with Crippen LogP contribution in [0.15, 0.2) is 83.8 Å². The fourth-order valence-electron chi connectivity index (χ4n) is 3.13. The summed E-state index contributed by atoms with van der Waals surface area (Å²) in [5, 5.41) is 9.99. The molecule has 1 atom stereocenters. The van der Waals surface area contributed by atoms with Crippen LogP contribution in [0.2, 0.25) is 0 Å². The highest BCUT2D eigenvalue weighted by Gasteiger charge is 2.19. The number of hydrogen-bond acceptors (Lipinski definition) is 2. The lowest BCUT2D eigenvalue weighted by Crippen LogP contribution is -2.26. The Morgan fingerprint density at radius 1 is 1.29 bits per heavy atom. The number of allylic oxidation sites excluding steroid dienone is 10. The molecule has 0 aromatic heterocycles. The molecule has 2 heteroatoms. The van der Waals surface area contributed by atoms with Crippen molar-refractivity contribution in [1.82, 2.24) is 4.90 Å². The van der Waals surface area contributed by atoms with Crippen molar-refractivity contribution < 1.29 is 5.11 Å². The summed E-state index contributed by atoms with van der Waals surface area (Å²) in [5.41, 5.74) is 4.52. The Labute approximate surface area is 173 Å². The van der Waals surface area contributed by atoms with Crippen LogP contribution in [-0.4, -0.2) is 21.6 Å². The standard InChI is InChI=1S/C26H39NO/c1-8-11-14-23(13-10-3)25-18-22(5)27(20-24(25)15-12-9-2)19-21(4)16-17-26(6,7)28/h8-9,11-12,14-15,18-20,22,28H,2,10,13,16-17H2,1,3-7H3/b11-8-,15-12+,21-19+,23-14+. The van der Waals surface area contributed by atoms with Gasteiger partial charge in [-0.15, -0.1) is 0 Å². The minimum atomic E-state index is -0.629. The molecule has 0 radical (unpaired) electrons. The smallest absolute Gasteiger partial charge is 0.0594 e. The summed E-state index contributed by atoms with van der Waals surface area (Å²) in [6.07, 6.45) is 23.0. The maximum absolute atomic E-state index is 9.99. The average Bonchev–Trinajstić information content (AvgIpc) is 2.63. The van der Waals surface area contributed by atoms with Crippen LogP contribution in [-0.2, 0) is 0 Å². The van der Waals surface area contributed by atoms with Crippen molar-refractivity contribution in [2.45, 2.75) is 78.9 Å². The molecule has 0 aliphatic carbocycles. The fourth-order valence-corrected chi connectivity index (χ4v) is 3.13. The van der Waals surface area contributed by atoms with Crippen molar-refractivity contribution in [2.75, 3.05) is 0 Å². The molecule has 28 heavy (non-hydrogen) atoms. The first-order chi connectivity index (χ1) is 13.2. The zero-order chi connectivity index (χ0) is 21.2. The summed E-state index contributed by atoms with van der Waals surface area (Å²) >= 11 is 0. The van der Waals surface area contributed by atoms with Gasteiger partial charge in [0.05, 0.1) is 5.60 Å². The van der Waals surface area contributed by atoms with Crippen LogP contribution in [0.1, 0.15) is 67.2 Å². The van der Waals surface area contributed by atoms with Gasteiger partial charge in [0.2, 0.25) is 0 Å². The van der Waals surface area contributed by atoms with Gasteiger partial charge >= 0.3 is 0 Å². The van der Waals surface area contributed by atoms with Crippen LogP contribution >= 0.6 is 0 Å². The molecular formula is C26H39NO. The van der Waals surface area contributed by atoms with Gasteiger partial charge in [-0.05, 0) is 70.6 Å². The van der Waals surface area contributed by atoms with Crippen molar-refractivity contribution in [3.05, 3.63) is 83.8 Å². The summed E-state index contributed by atoms with van der Waals surface area (Å²) in [5.74, 6) is 0. The van der Waals surface area contributed by atoms with Crippen molar-refractivity contribution in [3.8, 4) is 0 Å². The first-order valence-electron chi connectivity index (χ1n) is 10.4. The van der Waals surface area contributed by atoms with E-state index in [0.717, 1.165) is 25.7 Å². The van der Waals surface area contributed by atoms with Crippen molar-refractivity contribution >= 4 is 0 Å². The fraction of sp³-hybridized carbons (Fsp3) is 0.462. The molecular weight excluding hydrogens is 342 g/mol. The summed E-state index contributed by atoms with van der Waals surface area (Å²) in [6.45, 7) is 16.2. The van der Waals surface area contributed by atoms with Gasteiger partial charge < -0.3 is 10.0 Å². The van der Waals surface area contributed by atoms with Crippen LogP contribution in [0.5, 0.6) is 0 Å². The lowest BCUT2D eigenvalue weighted by Gasteiger charge is -2.30. The Balaban J connectivity index is 3.21. The first-order valence-corrected chi connectivity index (χ1v) is 10.4. The van der Waals surface area contributed by atoms with Gasteiger partial charge in [-0.25, -0.2) is 0 Å². The second-order valence-electron chi connectivity index (χ2n) is 8.20. The summed E-state index contributed by atoms with van der Waals surface area (Å²) in [6, 6.07) is 0.277. The predicted molar refractivity (Wildman–Crippen MR) is 124 cm³/mol. The van der Waals surface area contributed by atoms with Crippen molar-refractivity contribution in [3.63, 3.8) is 0 Å². The van der Waals surface area contributed by atoms with Crippen LogP contribution in [0, 0.1) is 0 Å². The normalized spacial score (nSPS) is 19.4. The Kier molecular flexibility index (Phi) is 10.0. The molecule has 1 aliphatic rings. The largest absolute Gasteiger partial charge is 0.390 e. The molecule has 1 rings (SSSR count). The summed E-state index contributed by atoms with van der Waals surface area (Å²) in [4.78, 5) is 2.27. The maximum atomic E-state index is 9.99. The molecule has 0 saturated heterocycles. The van der Waals surface area contributed by atoms with Gasteiger partial charge in [-0.3, -0.25) is 0 Å². The van der Waals surface area contributed by atoms with Gasteiger partial charge in [-0.1, -0.05) is 68.0 Å². The number of aliphatic hydroxyl groups is 1. The second kappa shape index (κ2) is 11.7. The molecule has 1 unspecified atom stereocenters. The minimum absolute atomic E-state index is 0.277. The molecule has 0 spiro atoms. The Morgan fingerprint density at radius 3 is 2.57 bits per heavy atom. The van der Waals surface area contributed by atoms with Gasteiger partial charge in [0.15, 0.2) is 0 Å². The van der Waals surface area contributed by atoms with Gasteiger partial charge in [0.1, 0.15) is 0 Å². The van der Waals surface area contributed by atoms with E-state index in [4.69, 9.17) is 0 Å². The predicted octanol–water partition coefficient (Wildman–Crippen LogP) is 7.00. The second-order valence-corrected chi connectivity index (χ2v) is 8.20. The molecule has 1 aliphatic heterocycles. The number of nitrogens with zero attached hydrogens (tertiary/aromatic N) is 1. The average molecular weight is 382 g/mol. The van der Waals surface area contributed by atoms with E-state index in [1.165, 1.54) is 22.3 Å². The van der Waals surface area contributed by atoms with E-state index in [0.29, 0.717) is 0 Å². The van der Waals surface area contributed by atoms with E-state index in [2.05, 4.69) is 82.0 Å². The molecule has 0 aromatic carbocycles. The third kappa shape index (κ3) is 8.31. The molecule has 0 saturated carbocycles. The summed E-state index contributed by atoms with van der Waals surface area (Å²) < 4.78 is 0. The highest BCUT2D eigenvalue weighted by Crippen LogP contribution is 2.31. The lowest BCUT2D eigenvalue weighted by molar-refractivity contribution is 0.0713. The molecule has 0 amide bonds. The monoisotopic (exact) mass is 381 g/mol. The van der Waals surface area contributed by atoms with Crippen LogP contribution < -0.4 is 0 Å². The molecule has 1 heterocycles. The molecule has 0 bridgehead atoms. The first kappa shape index (κ1) is 24.0. The highest BCUT2D eigenvalue weighted by molar-refractivity contribution is 5.55. The Hall–Kier alpha value is -2.06. The van der Waals surface area contributed by atoms with Gasteiger partial charge in [0.25, 0.3) is 0 Å². The summed E-state index contributed by atoms with van der Waals surface area (Å²) in [7, 11) is 0. The zero-order valence-electron chi connectivity index (χ0n) is 18.7. The van der Waals surface area contributed by atoms with Gasteiger partial charge in [-0.2, -0.15) is 0 Å². The molecule has 0 aromatic rings. The van der Waals surface area contributed by atoms with Crippen molar-refractivity contribution in [2.24, 2.45) is 0 Å². The third-order valence-corrected chi connectivity index (χ3v) is 4.74. The topological polar surface area (TPSA) is 23.5 Å². The van der Waals surface area contributed by atoms with Crippen molar-refractivity contribution in [1.29, 1.82) is 0 Å².